The SMILES string of the molecule is Cl.ClCc1cccc(-n2ccnc2)c1. The van der Waals surface area contributed by atoms with Gasteiger partial charge in [-0.15, -0.1) is 24.0 Å². The first-order valence-corrected chi connectivity index (χ1v) is 4.57. The minimum absolute atomic E-state index is 0. The summed E-state index contributed by atoms with van der Waals surface area (Å²) in [5.41, 5.74) is 2.21. The van der Waals surface area contributed by atoms with Gasteiger partial charge >= 0.3 is 0 Å². The summed E-state index contributed by atoms with van der Waals surface area (Å²) < 4.78 is 1.95. The molecule has 0 aliphatic rings. The molecule has 0 unspecified atom stereocenters. The van der Waals surface area contributed by atoms with Crippen molar-refractivity contribution in [2.45, 2.75) is 5.88 Å². The van der Waals surface area contributed by atoms with Gasteiger partial charge in [-0.1, -0.05) is 12.1 Å². The Bertz CT molecular complexity index is 385. The van der Waals surface area contributed by atoms with Gasteiger partial charge in [0.1, 0.15) is 0 Å². The molecule has 14 heavy (non-hydrogen) atoms. The van der Waals surface area contributed by atoms with E-state index in [9.17, 15) is 0 Å². The molecule has 0 amide bonds. The van der Waals surface area contributed by atoms with Crippen molar-refractivity contribution < 1.29 is 0 Å². The van der Waals surface area contributed by atoms with Gasteiger partial charge < -0.3 is 4.57 Å². The van der Waals surface area contributed by atoms with E-state index in [2.05, 4.69) is 11.1 Å². The number of aromatic nitrogens is 2. The van der Waals surface area contributed by atoms with Crippen molar-refractivity contribution >= 4 is 24.0 Å². The smallest absolute Gasteiger partial charge is 0.0991 e. The maximum atomic E-state index is 5.74. The van der Waals surface area contributed by atoms with Crippen LogP contribution in [-0.4, -0.2) is 9.55 Å². The number of halogens is 2. The second-order valence-electron chi connectivity index (χ2n) is 2.77. The fraction of sp³-hybridized carbons (Fsp3) is 0.100. The van der Waals surface area contributed by atoms with Crippen molar-refractivity contribution in [1.29, 1.82) is 0 Å². The zero-order chi connectivity index (χ0) is 9.10. The summed E-state index contributed by atoms with van der Waals surface area (Å²) in [4.78, 5) is 3.98. The summed E-state index contributed by atoms with van der Waals surface area (Å²) in [6, 6.07) is 8.08. The minimum atomic E-state index is 0. The largest absolute Gasteiger partial charge is 0.306 e. The second kappa shape index (κ2) is 5.03. The number of benzene rings is 1. The Labute approximate surface area is 93.9 Å². The van der Waals surface area contributed by atoms with Crippen LogP contribution in [0.1, 0.15) is 5.56 Å². The number of nitrogens with zero attached hydrogens (tertiary/aromatic N) is 2. The molecular weight excluding hydrogens is 219 g/mol. The van der Waals surface area contributed by atoms with Crippen molar-refractivity contribution in [3.63, 3.8) is 0 Å². The van der Waals surface area contributed by atoms with Gasteiger partial charge in [0, 0.05) is 24.0 Å². The van der Waals surface area contributed by atoms with Crippen molar-refractivity contribution in [1.82, 2.24) is 9.55 Å². The van der Waals surface area contributed by atoms with Crippen LogP contribution in [0, 0.1) is 0 Å². The third-order valence-electron chi connectivity index (χ3n) is 1.87. The molecule has 4 heteroatoms. The molecule has 2 aromatic rings. The van der Waals surface area contributed by atoms with Gasteiger partial charge in [-0.05, 0) is 17.7 Å². The lowest BCUT2D eigenvalue weighted by atomic mass is 10.2. The van der Waals surface area contributed by atoms with Crippen LogP contribution in [0.25, 0.3) is 5.69 Å². The monoisotopic (exact) mass is 228 g/mol. The predicted molar refractivity (Wildman–Crippen MR) is 60.4 cm³/mol. The Morgan fingerprint density at radius 2 is 2.21 bits per heavy atom. The molecule has 74 valence electrons. The van der Waals surface area contributed by atoms with E-state index >= 15 is 0 Å². The Hall–Kier alpha value is -0.990. The van der Waals surface area contributed by atoms with Crippen molar-refractivity contribution in [2.75, 3.05) is 0 Å². The first-order chi connectivity index (χ1) is 6.40. The molecule has 0 aliphatic carbocycles. The average molecular weight is 229 g/mol. The highest BCUT2D eigenvalue weighted by Gasteiger charge is 1.95. The average Bonchev–Trinajstić information content (AvgIpc) is 2.71. The molecule has 0 atom stereocenters. The van der Waals surface area contributed by atoms with E-state index in [-0.39, 0.29) is 12.4 Å². The van der Waals surface area contributed by atoms with E-state index < -0.39 is 0 Å². The maximum Gasteiger partial charge on any atom is 0.0991 e. The molecule has 0 saturated heterocycles. The molecule has 0 bridgehead atoms. The van der Waals surface area contributed by atoms with Crippen molar-refractivity contribution in [3.05, 3.63) is 48.5 Å². The Balaban J connectivity index is 0.000000980. The quantitative estimate of drug-likeness (QED) is 0.723. The van der Waals surface area contributed by atoms with Gasteiger partial charge in [0.2, 0.25) is 0 Å². The third kappa shape index (κ3) is 2.28. The van der Waals surface area contributed by atoms with Crippen LogP contribution in [0.15, 0.2) is 43.0 Å². The van der Waals surface area contributed by atoms with E-state index in [4.69, 9.17) is 11.6 Å². The summed E-state index contributed by atoms with van der Waals surface area (Å²) >= 11 is 5.74. The molecule has 0 fully saturated rings. The van der Waals surface area contributed by atoms with Crippen LogP contribution in [0.2, 0.25) is 0 Å². The number of hydrogen-bond acceptors (Lipinski definition) is 1. The van der Waals surface area contributed by atoms with E-state index in [1.807, 2.05) is 29.0 Å². The maximum absolute atomic E-state index is 5.74. The zero-order valence-electron chi connectivity index (χ0n) is 7.43. The standard InChI is InChI=1S/C10H9ClN2.ClH/c11-7-9-2-1-3-10(6-9)13-5-4-12-8-13;/h1-6,8H,7H2;1H. The van der Waals surface area contributed by atoms with E-state index in [0.29, 0.717) is 5.88 Å². The lowest BCUT2D eigenvalue weighted by molar-refractivity contribution is 1.05. The van der Waals surface area contributed by atoms with Crippen molar-refractivity contribution in [2.24, 2.45) is 0 Å². The number of alkyl halides is 1. The van der Waals surface area contributed by atoms with Gasteiger partial charge in [-0.3, -0.25) is 0 Å². The number of rotatable bonds is 2. The summed E-state index contributed by atoms with van der Waals surface area (Å²) in [5, 5.41) is 0. The molecule has 0 aliphatic heterocycles. The molecule has 1 heterocycles. The van der Waals surface area contributed by atoms with Gasteiger partial charge in [0.25, 0.3) is 0 Å². The van der Waals surface area contributed by atoms with Crippen LogP contribution in [0.5, 0.6) is 0 Å². The molecule has 2 rings (SSSR count). The molecule has 2 nitrogen and oxygen atoms in total. The Kier molecular flexibility index (Phi) is 3.98. The minimum Gasteiger partial charge on any atom is -0.306 e. The third-order valence-corrected chi connectivity index (χ3v) is 2.18. The zero-order valence-corrected chi connectivity index (χ0v) is 9.00. The normalized spacial score (nSPS) is 9.50. The molecule has 0 radical (unpaired) electrons. The van der Waals surface area contributed by atoms with E-state index in [1.54, 1.807) is 12.5 Å². The molecule has 1 aromatic carbocycles. The Morgan fingerprint density at radius 3 is 2.86 bits per heavy atom. The van der Waals surface area contributed by atoms with Crippen LogP contribution in [-0.2, 0) is 5.88 Å². The predicted octanol–water partition coefficient (Wildman–Crippen LogP) is 3.03. The lowest BCUT2D eigenvalue weighted by Gasteiger charge is -2.02. The first-order valence-electron chi connectivity index (χ1n) is 4.03. The van der Waals surface area contributed by atoms with Crippen molar-refractivity contribution in [3.8, 4) is 5.69 Å². The molecule has 0 spiro atoms. The number of hydrogen-bond donors (Lipinski definition) is 0. The van der Waals surface area contributed by atoms with Gasteiger partial charge in [0.05, 0.1) is 6.33 Å². The molecule has 1 aromatic heterocycles. The highest BCUT2D eigenvalue weighted by molar-refractivity contribution is 6.17. The summed E-state index contributed by atoms with van der Waals surface area (Å²) in [5.74, 6) is 0.544. The van der Waals surface area contributed by atoms with Gasteiger partial charge in [0.15, 0.2) is 0 Å². The first kappa shape index (κ1) is 11.1. The Morgan fingerprint density at radius 1 is 1.36 bits per heavy atom. The van der Waals surface area contributed by atoms with E-state index in [0.717, 1.165) is 11.3 Å². The lowest BCUT2D eigenvalue weighted by Crippen LogP contribution is -1.90. The summed E-state index contributed by atoms with van der Waals surface area (Å²) in [6.07, 6.45) is 5.44. The highest BCUT2D eigenvalue weighted by atomic mass is 35.5. The van der Waals surface area contributed by atoms with Crippen LogP contribution < -0.4 is 0 Å². The molecular formula is C10H10Cl2N2. The van der Waals surface area contributed by atoms with Crippen LogP contribution >= 0.6 is 24.0 Å². The van der Waals surface area contributed by atoms with E-state index in [1.165, 1.54) is 0 Å². The molecule has 0 saturated carbocycles. The summed E-state index contributed by atoms with van der Waals surface area (Å²) in [7, 11) is 0. The fourth-order valence-corrected chi connectivity index (χ4v) is 1.38. The van der Waals surface area contributed by atoms with Crippen LogP contribution in [0.4, 0.5) is 0 Å². The fourth-order valence-electron chi connectivity index (χ4n) is 1.21. The topological polar surface area (TPSA) is 17.8 Å². The van der Waals surface area contributed by atoms with Gasteiger partial charge in [-0.2, -0.15) is 0 Å². The molecule has 0 N–H and O–H groups in total. The highest BCUT2D eigenvalue weighted by Crippen LogP contribution is 2.11. The van der Waals surface area contributed by atoms with Gasteiger partial charge in [-0.25, -0.2) is 4.98 Å². The van der Waals surface area contributed by atoms with Crippen LogP contribution in [0.3, 0.4) is 0 Å². The second-order valence-corrected chi connectivity index (χ2v) is 3.04. The summed E-state index contributed by atoms with van der Waals surface area (Å²) in [6.45, 7) is 0. The number of imidazole rings is 1.